The molecule has 0 aromatic rings. The molecule has 0 amide bonds. The van der Waals surface area contributed by atoms with Crippen molar-refractivity contribution in [3.63, 3.8) is 0 Å². The van der Waals surface area contributed by atoms with Crippen molar-refractivity contribution >= 4 is 151 Å². The predicted octanol–water partition coefficient (Wildman–Crippen LogP) is 5.42. The normalized spacial score (nSPS) is 12.0. The van der Waals surface area contributed by atoms with Crippen LogP contribution in [0.4, 0.5) is 0 Å². The van der Waals surface area contributed by atoms with Crippen molar-refractivity contribution in [2.24, 2.45) is 0 Å². The molecule has 8 nitrogen and oxygen atoms in total. The molecule has 0 spiro atoms. The lowest BCUT2D eigenvalue weighted by Gasteiger charge is -2.05. The maximum Gasteiger partial charge on any atom is 0.316 e. The van der Waals surface area contributed by atoms with Crippen LogP contribution in [-0.2, 0) is 34.9 Å². The lowest BCUT2D eigenvalue weighted by Crippen LogP contribution is -2.07. The van der Waals surface area contributed by atoms with Crippen LogP contribution in [0.15, 0.2) is 0 Å². The molecule has 0 aromatic carbocycles. The quantitative estimate of drug-likeness (QED) is 0.0289. The summed E-state index contributed by atoms with van der Waals surface area (Å²) in [7, 11) is -0.867. The van der Waals surface area contributed by atoms with E-state index in [1.807, 2.05) is 0 Å². The zero-order valence-electron chi connectivity index (χ0n) is 22.7. The maximum atomic E-state index is 12.1. The molecule has 0 heterocycles. The van der Waals surface area contributed by atoms with Gasteiger partial charge in [0.25, 0.3) is 0 Å². The van der Waals surface area contributed by atoms with Crippen LogP contribution in [0.1, 0.15) is 0 Å². The van der Waals surface area contributed by atoms with Gasteiger partial charge >= 0.3 is 5.97 Å². The van der Waals surface area contributed by atoms with Crippen molar-refractivity contribution < 1.29 is 38.5 Å². The summed E-state index contributed by atoms with van der Waals surface area (Å²) in [5, 5.41) is 23.0. The van der Waals surface area contributed by atoms with Gasteiger partial charge in [0.15, 0.2) is 5.12 Å². The molecule has 1 atom stereocenters. The van der Waals surface area contributed by atoms with E-state index < -0.39 is 10.8 Å². The van der Waals surface area contributed by atoms with Crippen LogP contribution in [0.5, 0.6) is 0 Å². The van der Waals surface area contributed by atoms with Crippen molar-refractivity contribution in [1.29, 1.82) is 0 Å². The largest absolute Gasteiger partial charge is 0.454 e. The number of aliphatic hydroxyl groups is 2. The van der Waals surface area contributed by atoms with Crippen molar-refractivity contribution in [3.05, 3.63) is 0 Å². The molecule has 0 aliphatic carbocycles. The van der Waals surface area contributed by atoms with Gasteiger partial charge in [-0.1, -0.05) is 11.8 Å². The molecule has 244 valence electrons. The molecule has 0 aromatic heterocycles. The Kier molecular flexibility index (Phi) is 40.2. The Morgan fingerprint density at radius 2 is 1.22 bits per heavy atom. The average Bonchev–Trinajstić information content (AvgIpc) is 2.96. The molecular formula is C21H40O8S12. The Balaban J connectivity index is 3.33. The van der Waals surface area contributed by atoms with E-state index in [1.54, 1.807) is 94.1 Å². The minimum Gasteiger partial charge on any atom is -0.454 e. The zero-order valence-corrected chi connectivity index (χ0v) is 32.5. The number of ether oxygens (including phenoxy) is 1. The van der Waals surface area contributed by atoms with Crippen LogP contribution < -0.4 is 0 Å². The van der Waals surface area contributed by atoms with Crippen molar-refractivity contribution in [1.82, 2.24) is 0 Å². The smallest absolute Gasteiger partial charge is 0.316 e. The third-order valence-corrected chi connectivity index (χ3v) is 18.0. The van der Waals surface area contributed by atoms with E-state index in [2.05, 4.69) is 0 Å². The first-order valence-electron chi connectivity index (χ1n) is 12.0. The number of esters is 1. The fourth-order valence-electron chi connectivity index (χ4n) is 1.87. The molecule has 20 heteroatoms. The topological polar surface area (TPSA) is 119 Å². The Hall–Kier alpha value is 2.98. The molecule has 1 unspecified atom stereocenters. The first-order valence-corrected chi connectivity index (χ1v) is 26.0. The van der Waals surface area contributed by atoms with Crippen LogP contribution in [0, 0.1) is 0 Å². The van der Waals surface area contributed by atoms with E-state index >= 15 is 0 Å². The maximum absolute atomic E-state index is 12.1. The molecular weight excluding hydrogens is 765 g/mol. The van der Waals surface area contributed by atoms with E-state index in [-0.39, 0.29) is 24.3 Å². The zero-order chi connectivity index (χ0) is 30.1. The van der Waals surface area contributed by atoms with Crippen LogP contribution in [0.3, 0.4) is 0 Å². The van der Waals surface area contributed by atoms with Gasteiger partial charge in [-0.25, -0.2) is 9.78 Å². The number of hydrogen-bond donors (Lipinski definition) is 2. The summed E-state index contributed by atoms with van der Waals surface area (Å²) in [6, 6.07) is 0. The Morgan fingerprint density at radius 1 is 0.610 bits per heavy atom. The van der Waals surface area contributed by atoms with Gasteiger partial charge in [0.05, 0.1) is 36.4 Å². The summed E-state index contributed by atoms with van der Waals surface area (Å²) < 4.78 is 17.3. The summed E-state index contributed by atoms with van der Waals surface area (Å²) in [4.78, 5) is 33.8. The fraction of sp³-hybridized carbons (Fsp3) is 0.905. The second-order valence-corrected chi connectivity index (χ2v) is 22.2. The van der Waals surface area contributed by atoms with Crippen molar-refractivity contribution in [2.75, 3.05) is 108 Å². The van der Waals surface area contributed by atoms with Crippen LogP contribution in [-0.4, -0.2) is 133 Å². The van der Waals surface area contributed by atoms with Crippen LogP contribution >= 0.6 is 129 Å². The van der Waals surface area contributed by atoms with Gasteiger partial charge in [0.2, 0.25) is 0 Å². The number of carbonyl (C=O) groups is 2. The molecule has 0 bridgehead atoms. The number of hydrogen-bond acceptors (Lipinski definition) is 19. The molecule has 2 N–H and O–H groups in total. The molecule has 0 rings (SSSR count). The monoisotopic (exact) mass is 804 g/mol. The van der Waals surface area contributed by atoms with Crippen LogP contribution in [0.2, 0.25) is 0 Å². The molecule has 0 saturated carbocycles. The van der Waals surface area contributed by atoms with Gasteiger partial charge in [0.1, 0.15) is 11.9 Å². The number of aliphatic hydroxyl groups excluding tert-OH is 2. The molecule has 0 saturated heterocycles. The highest BCUT2D eigenvalue weighted by atomic mass is 32.3. The second-order valence-electron chi connectivity index (χ2n) is 6.77. The summed E-state index contributed by atoms with van der Waals surface area (Å²) in [5.41, 5.74) is 0. The number of thioether (sulfide) groups is 11. The number of rotatable bonds is 33. The minimum atomic E-state index is -0.867. The first kappa shape index (κ1) is 44.0. The summed E-state index contributed by atoms with van der Waals surface area (Å²) >= 11 is 17.6. The Labute approximate surface area is 294 Å². The minimum absolute atomic E-state index is 0.164. The highest BCUT2D eigenvalue weighted by Gasteiger charge is 2.06. The SMILES string of the molecule is O=C(CSCSCCS(=O)CSCSCSC(=O)CSCSCCOOCSCSCCO)OCSCSCCO. The summed E-state index contributed by atoms with van der Waals surface area (Å²) in [6.45, 7) is 0.878. The second kappa shape index (κ2) is 37.4. The van der Waals surface area contributed by atoms with E-state index in [0.717, 1.165) is 42.7 Å². The lowest BCUT2D eigenvalue weighted by molar-refractivity contribution is -0.274. The summed E-state index contributed by atoms with van der Waals surface area (Å²) in [6.07, 6.45) is 0. The van der Waals surface area contributed by atoms with Gasteiger partial charge in [-0.05, 0) is 0 Å². The standard InChI is InChI=1S/C21H40O8S12/c22-1-4-30-15-36-11-27-20(24)9-34-14-33-7-8-41(26)19-39-17-38-18-40-21(25)10-35-13-32-6-3-28-29-12-37-16-31-5-2-23/h22-23H,1-19H2. The molecule has 41 heavy (non-hydrogen) atoms. The van der Waals surface area contributed by atoms with Crippen molar-refractivity contribution in [2.45, 2.75) is 0 Å². The molecule has 0 fully saturated rings. The molecule has 0 aliphatic rings. The highest BCUT2D eigenvalue weighted by Crippen LogP contribution is 2.22. The summed E-state index contributed by atoms with van der Waals surface area (Å²) in [5.74, 6) is 5.11. The molecule has 0 radical (unpaired) electrons. The van der Waals surface area contributed by atoms with Gasteiger partial charge in [0, 0.05) is 70.1 Å². The average molecular weight is 805 g/mol. The van der Waals surface area contributed by atoms with Gasteiger partial charge in [-0.2, -0.15) is 11.8 Å². The van der Waals surface area contributed by atoms with E-state index in [9.17, 15) is 13.8 Å². The fourth-order valence-corrected chi connectivity index (χ4v) is 14.2. The predicted molar refractivity (Wildman–Crippen MR) is 202 cm³/mol. The van der Waals surface area contributed by atoms with Gasteiger partial charge < -0.3 is 14.9 Å². The highest BCUT2D eigenvalue weighted by molar-refractivity contribution is 8.29. The van der Waals surface area contributed by atoms with Crippen LogP contribution in [0.25, 0.3) is 0 Å². The van der Waals surface area contributed by atoms with E-state index in [0.29, 0.717) is 51.7 Å². The van der Waals surface area contributed by atoms with Crippen molar-refractivity contribution in [3.8, 4) is 0 Å². The van der Waals surface area contributed by atoms with E-state index in [1.165, 1.54) is 35.3 Å². The Bertz CT molecular complexity index is 627. The van der Waals surface area contributed by atoms with Gasteiger partial charge in [-0.3, -0.25) is 13.8 Å². The third-order valence-electron chi connectivity index (χ3n) is 3.55. The third kappa shape index (κ3) is 37.3. The van der Waals surface area contributed by atoms with E-state index in [4.69, 9.17) is 24.7 Å². The Morgan fingerprint density at radius 3 is 1.95 bits per heavy atom. The number of carbonyl (C=O) groups excluding carboxylic acids is 2. The lowest BCUT2D eigenvalue weighted by atomic mass is 10.8. The van der Waals surface area contributed by atoms with Gasteiger partial charge in [-0.15, -0.1) is 106 Å². The molecule has 0 aliphatic heterocycles. The first-order chi connectivity index (χ1) is 20.1.